The fourth-order valence-electron chi connectivity index (χ4n) is 3.61. The van der Waals surface area contributed by atoms with Crippen LogP contribution >= 0.6 is 0 Å². The highest BCUT2D eigenvalue weighted by Gasteiger charge is 2.29. The van der Waals surface area contributed by atoms with Crippen molar-refractivity contribution in [2.45, 2.75) is 44.4 Å². The summed E-state index contributed by atoms with van der Waals surface area (Å²) in [7, 11) is -3.53. The molecule has 0 radical (unpaired) electrons. The molecule has 180 valence electrons. The summed E-state index contributed by atoms with van der Waals surface area (Å²) in [5, 5.41) is 2.90. The highest BCUT2D eigenvalue weighted by Crippen LogP contribution is 2.24. The third kappa shape index (κ3) is 6.71. The zero-order valence-electron chi connectivity index (χ0n) is 20.0. The Hall–Kier alpha value is -2.58. The lowest BCUT2D eigenvalue weighted by atomic mass is 9.87. The first kappa shape index (κ1) is 25.1. The Balaban J connectivity index is 1.37. The van der Waals surface area contributed by atoms with Gasteiger partial charge in [0, 0.05) is 32.7 Å². The molecule has 33 heavy (non-hydrogen) atoms. The maximum Gasteiger partial charge on any atom is 0.317 e. The number of amides is 2. The maximum atomic E-state index is 12.8. The predicted octanol–water partition coefficient (Wildman–Crippen LogP) is 3.78. The van der Waals surface area contributed by atoms with Crippen LogP contribution in [0.2, 0.25) is 0 Å². The molecule has 0 saturated carbocycles. The smallest absolute Gasteiger partial charge is 0.317 e. The van der Waals surface area contributed by atoms with Crippen LogP contribution in [0.5, 0.6) is 5.75 Å². The summed E-state index contributed by atoms with van der Waals surface area (Å²) < 4.78 is 32.8. The Bertz CT molecular complexity index is 1020. The fourth-order valence-corrected chi connectivity index (χ4v) is 5.03. The third-order valence-corrected chi connectivity index (χ3v) is 7.68. The van der Waals surface area contributed by atoms with Crippen LogP contribution in [0.15, 0.2) is 53.4 Å². The minimum absolute atomic E-state index is 0.110. The van der Waals surface area contributed by atoms with Gasteiger partial charge in [0.15, 0.2) is 0 Å². The van der Waals surface area contributed by atoms with Crippen LogP contribution in [0, 0.1) is 6.92 Å². The van der Waals surface area contributed by atoms with E-state index in [1.54, 1.807) is 29.2 Å². The zero-order valence-corrected chi connectivity index (χ0v) is 20.8. The number of piperazine rings is 1. The van der Waals surface area contributed by atoms with E-state index in [9.17, 15) is 13.2 Å². The quantitative estimate of drug-likeness (QED) is 0.621. The number of aryl methyl sites for hydroxylation is 1. The lowest BCUT2D eigenvalue weighted by Crippen LogP contribution is -2.53. The van der Waals surface area contributed by atoms with Gasteiger partial charge in [-0.3, -0.25) is 0 Å². The molecule has 0 aromatic heterocycles. The van der Waals surface area contributed by atoms with Crippen LogP contribution in [0.25, 0.3) is 0 Å². The maximum absolute atomic E-state index is 12.8. The SMILES string of the molecule is Cc1ccc(S(=O)(=O)N2CCN(C(=O)NCCCOc3ccc(C(C)(C)C)cc3)CC2)cc1. The number of hydrogen-bond donors (Lipinski definition) is 1. The molecule has 1 heterocycles. The third-order valence-electron chi connectivity index (χ3n) is 5.77. The molecule has 0 bridgehead atoms. The summed E-state index contributed by atoms with van der Waals surface area (Å²) in [5.41, 5.74) is 2.38. The summed E-state index contributed by atoms with van der Waals surface area (Å²) >= 11 is 0. The van der Waals surface area contributed by atoms with Gasteiger partial charge in [0.05, 0.1) is 11.5 Å². The summed E-state index contributed by atoms with van der Waals surface area (Å²) in [5.74, 6) is 0.820. The first-order valence-corrected chi connectivity index (χ1v) is 12.8. The van der Waals surface area contributed by atoms with Crippen molar-refractivity contribution in [2.75, 3.05) is 39.3 Å². The molecule has 0 atom stereocenters. The number of hydrogen-bond acceptors (Lipinski definition) is 4. The minimum Gasteiger partial charge on any atom is -0.494 e. The highest BCUT2D eigenvalue weighted by atomic mass is 32.2. The number of nitrogens with one attached hydrogen (secondary N) is 1. The van der Waals surface area contributed by atoms with Crippen molar-refractivity contribution in [1.29, 1.82) is 0 Å². The number of ether oxygens (including phenoxy) is 1. The van der Waals surface area contributed by atoms with Gasteiger partial charge in [-0.1, -0.05) is 50.6 Å². The van der Waals surface area contributed by atoms with Crippen molar-refractivity contribution < 1.29 is 17.9 Å². The van der Waals surface area contributed by atoms with Crippen LogP contribution < -0.4 is 10.1 Å². The number of rotatable bonds is 7. The average Bonchev–Trinajstić information content (AvgIpc) is 2.79. The van der Waals surface area contributed by atoms with Gasteiger partial charge in [-0.05, 0) is 48.6 Å². The molecule has 2 aromatic carbocycles. The Morgan fingerprint density at radius 3 is 2.15 bits per heavy atom. The first-order chi connectivity index (χ1) is 15.6. The normalized spacial score (nSPS) is 15.3. The van der Waals surface area contributed by atoms with Crippen LogP contribution in [0.4, 0.5) is 4.79 Å². The van der Waals surface area contributed by atoms with Gasteiger partial charge in [-0.25, -0.2) is 13.2 Å². The van der Waals surface area contributed by atoms with Crippen LogP contribution in [-0.2, 0) is 15.4 Å². The monoisotopic (exact) mass is 473 g/mol. The molecule has 8 heteroatoms. The van der Waals surface area contributed by atoms with Crippen molar-refractivity contribution in [3.8, 4) is 5.75 Å². The van der Waals surface area contributed by atoms with Crippen molar-refractivity contribution in [3.63, 3.8) is 0 Å². The molecule has 1 N–H and O–H groups in total. The van der Waals surface area contributed by atoms with Crippen molar-refractivity contribution in [3.05, 3.63) is 59.7 Å². The number of benzene rings is 2. The van der Waals surface area contributed by atoms with Gasteiger partial charge in [0.25, 0.3) is 0 Å². The van der Waals surface area contributed by atoms with Gasteiger partial charge < -0.3 is 15.0 Å². The van der Waals surface area contributed by atoms with E-state index in [4.69, 9.17) is 4.74 Å². The highest BCUT2D eigenvalue weighted by molar-refractivity contribution is 7.89. The molecule has 0 unspecified atom stereocenters. The van der Waals surface area contributed by atoms with E-state index >= 15 is 0 Å². The van der Waals surface area contributed by atoms with Crippen molar-refractivity contribution in [1.82, 2.24) is 14.5 Å². The Kier molecular flexibility index (Phi) is 8.02. The van der Waals surface area contributed by atoms with Gasteiger partial charge in [-0.2, -0.15) is 4.31 Å². The molecule has 1 aliphatic rings. The van der Waals surface area contributed by atoms with E-state index in [0.717, 1.165) is 11.3 Å². The second-order valence-electron chi connectivity index (χ2n) is 9.41. The topological polar surface area (TPSA) is 79.0 Å². The molecular formula is C25H35N3O4S. The summed E-state index contributed by atoms with van der Waals surface area (Å²) in [6.07, 6.45) is 0.689. The van der Waals surface area contributed by atoms with E-state index in [2.05, 4.69) is 38.2 Å². The van der Waals surface area contributed by atoms with E-state index in [-0.39, 0.29) is 24.5 Å². The van der Waals surface area contributed by atoms with Gasteiger partial charge >= 0.3 is 6.03 Å². The second-order valence-corrected chi connectivity index (χ2v) is 11.4. The molecule has 2 aromatic rings. The standard InChI is InChI=1S/C25H35N3O4S/c1-20-6-12-23(13-7-20)33(30,31)28-17-15-27(16-18-28)24(29)26-14-5-19-32-22-10-8-21(9-11-22)25(2,3)4/h6-13H,5,14-19H2,1-4H3,(H,26,29). The number of urea groups is 1. The minimum atomic E-state index is -3.53. The first-order valence-electron chi connectivity index (χ1n) is 11.4. The molecule has 1 saturated heterocycles. The van der Waals surface area contributed by atoms with E-state index in [1.807, 2.05) is 19.1 Å². The Morgan fingerprint density at radius 1 is 0.970 bits per heavy atom. The number of nitrogens with zero attached hydrogens (tertiary/aromatic N) is 2. The van der Waals surface area contributed by atoms with E-state index < -0.39 is 10.0 Å². The van der Waals surface area contributed by atoms with E-state index in [0.29, 0.717) is 37.6 Å². The second kappa shape index (κ2) is 10.6. The lowest BCUT2D eigenvalue weighted by molar-refractivity contribution is 0.171. The summed E-state index contributed by atoms with van der Waals surface area (Å²) in [4.78, 5) is 14.4. The molecule has 7 nitrogen and oxygen atoms in total. The molecule has 1 aliphatic heterocycles. The summed E-state index contributed by atoms with van der Waals surface area (Å²) in [6.45, 7) is 10.8. The largest absolute Gasteiger partial charge is 0.494 e. The van der Waals surface area contributed by atoms with E-state index in [1.165, 1.54) is 9.87 Å². The van der Waals surface area contributed by atoms with Crippen LogP contribution in [0.3, 0.4) is 0 Å². The van der Waals surface area contributed by atoms with Crippen LogP contribution in [-0.4, -0.2) is 63.0 Å². The molecular weight excluding hydrogens is 438 g/mol. The zero-order chi connectivity index (χ0) is 24.1. The number of carbonyl (C=O) groups is 1. The average molecular weight is 474 g/mol. The molecule has 0 aliphatic carbocycles. The number of carbonyl (C=O) groups excluding carboxylic acids is 1. The number of sulfonamides is 1. The van der Waals surface area contributed by atoms with Crippen molar-refractivity contribution >= 4 is 16.1 Å². The van der Waals surface area contributed by atoms with Gasteiger partial charge in [-0.15, -0.1) is 0 Å². The fraction of sp³-hybridized carbons (Fsp3) is 0.480. The molecule has 0 spiro atoms. The van der Waals surface area contributed by atoms with Gasteiger partial charge in [0.2, 0.25) is 10.0 Å². The molecule has 1 fully saturated rings. The van der Waals surface area contributed by atoms with Crippen LogP contribution in [0.1, 0.15) is 38.3 Å². The lowest BCUT2D eigenvalue weighted by Gasteiger charge is -2.34. The molecule has 2 amide bonds. The van der Waals surface area contributed by atoms with Gasteiger partial charge in [0.1, 0.15) is 5.75 Å². The van der Waals surface area contributed by atoms with Crippen molar-refractivity contribution in [2.24, 2.45) is 0 Å². The Morgan fingerprint density at radius 2 is 1.58 bits per heavy atom. The summed E-state index contributed by atoms with van der Waals surface area (Å²) in [6, 6.07) is 14.8. The Labute approximate surface area is 197 Å². The predicted molar refractivity (Wildman–Crippen MR) is 130 cm³/mol. The molecule has 3 rings (SSSR count).